The third-order valence-electron chi connectivity index (χ3n) is 2.38. The van der Waals surface area contributed by atoms with Gasteiger partial charge in [-0.3, -0.25) is 14.6 Å². The van der Waals surface area contributed by atoms with E-state index in [0.29, 0.717) is 5.02 Å². The highest BCUT2D eigenvalue weighted by atomic mass is 35.5. The summed E-state index contributed by atoms with van der Waals surface area (Å²) in [6.45, 7) is 0. The Kier molecular flexibility index (Phi) is 3.17. The van der Waals surface area contributed by atoms with Crippen molar-refractivity contribution in [2.75, 3.05) is 7.05 Å². The van der Waals surface area contributed by atoms with Gasteiger partial charge in [0.2, 0.25) is 0 Å². The molecule has 2 aromatic heterocycles. The Morgan fingerprint density at radius 1 is 1.38 bits per heavy atom. The second-order valence-corrected chi connectivity index (χ2v) is 3.76. The fourth-order valence-electron chi connectivity index (χ4n) is 1.63. The van der Waals surface area contributed by atoms with Gasteiger partial charge in [-0.2, -0.15) is 5.10 Å². The first-order chi connectivity index (χ1) is 7.74. The Morgan fingerprint density at radius 2 is 2.19 bits per heavy atom. The summed E-state index contributed by atoms with van der Waals surface area (Å²) in [7, 11) is 3.70. The molecule has 0 fully saturated rings. The van der Waals surface area contributed by atoms with Crippen LogP contribution in [0.4, 0.5) is 0 Å². The van der Waals surface area contributed by atoms with E-state index in [0.717, 1.165) is 11.4 Å². The van der Waals surface area contributed by atoms with Gasteiger partial charge in [-0.05, 0) is 7.05 Å². The third kappa shape index (κ3) is 1.91. The highest BCUT2D eigenvalue weighted by Crippen LogP contribution is 2.25. The number of nitrogens with one attached hydrogen (secondary N) is 1. The first-order valence-corrected chi connectivity index (χ1v) is 5.22. The number of aromatic nitrogens is 4. The second-order valence-electron chi connectivity index (χ2n) is 3.35. The van der Waals surface area contributed by atoms with Gasteiger partial charge in [0.05, 0.1) is 34.8 Å². The number of rotatable bonds is 3. The van der Waals surface area contributed by atoms with Crippen molar-refractivity contribution in [1.29, 1.82) is 0 Å². The lowest BCUT2D eigenvalue weighted by Crippen LogP contribution is -2.22. The van der Waals surface area contributed by atoms with E-state index in [1.807, 2.05) is 14.1 Å². The van der Waals surface area contributed by atoms with E-state index >= 15 is 0 Å². The minimum absolute atomic E-state index is 0.103. The predicted octanol–water partition coefficient (Wildman–Crippen LogP) is 1.17. The van der Waals surface area contributed by atoms with Crippen LogP contribution in [0.3, 0.4) is 0 Å². The summed E-state index contributed by atoms with van der Waals surface area (Å²) >= 11 is 6.10. The van der Waals surface area contributed by atoms with Crippen molar-refractivity contribution < 1.29 is 0 Å². The zero-order valence-electron chi connectivity index (χ0n) is 9.05. The second kappa shape index (κ2) is 4.59. The molecule has 1 atom stereocenters. The lowest BCUT2D eigenvalue weighted by atomic mass is 10.1. The van der Waals surface area contributed by atoms with Crippen molar-refractivity contribution in [3.05, 3.63) is 41.2 Å². The molecule has 0 spiro atoms. The van der Waals surface area contributed by atoms with Gasteiger partial charge in [-0.25, -0.2) is 0 Å². The van der Waals surface area contributed by atoms with Crippen LogP contribution in [-0.4, -0.2) is 26.8 Å². The first-order valence-electron chi connectivity index (χ1n) is 4.84. The maximum absolute atomic E-state index is 6.10. The molecule has 0 saturated heterocycles. The summed E-state index contributed by atoms with van der Waals surface area (Å²) in [6.07, 6.45) is 6.63. The molecular weight excluding hydrogens is 226 g/mol. The molecule has 84 valence electrons. The number of halogens is 1. The van der Waals surface area contributed by atoms with Crippen LogP contribution < -0.4 is 5.32 Å². The molecule has 6 heteroatoms. The molecule has 5 nitrogen and oxygen atoms in total. The fourth-order valence-corrected chi connectivity index (χ4v) is 1.90. The van der Waals surface area contributed by atoms with Crippen molar-refractivity contribution in [3.63, 3.8) is 0 Å². The molecule has 0 aliphatic carbocycles. The van der Waals surface area contributed by atoms with E-state index in [1.165, 1.54) is 0 Å². The summed E-state index contributed by atoms with van der Waals surface area (Å²) in [5, 5.41) is 7.88. The van der Waals surface area contributed by atoms with Crippen LogP contribution in [0.1, 0.15) is 17.4 Å². The quantitative estimate of drug-likeness (QED) is 0.871. The SMILES string of the molecule is CNC(c1cnccn1)c1c(Cl)cnn1C. The number of hydrogen-bond acceptors (Lipinski definition) is 4. The highest BCUT2D eigenvalue weighted by Gasteiger charge is 2.20. The Labute approximate surface area is 98.5 Å². The molecular formula is C10H12ClN5. The van der Waals surface area contributed by atoms with Gasteiger partial charge < -0.3 is 5.32 Å². The molecule has 0 bridgehead atoms. The van der Waals surface area contributed by atoms with E-state index in [9.17, 15) is 0 Å². The van der Waals surface area contributed by atoms with Crippen molar-refractivity contribution in [3.8, 4) is 0 Å². The molecule has 2 aromatic rings. The maximum Gasteiger partial charge on any atom is 0.0950 e. The zero-order valence-corrected chi connectivity index (χ0v) is 9.81. The first kappa shape index (κ1) is 11.0. The lowest BCUT2D eigenvalue weighted by Gasteiger charge is -2.15. The van der Waals surface area contributed by atoms with Crippen molar-refractivity contribution in [1.82, 2.24) is 25.1 Å². The van der Waals surface area contributed by atoms with Crippen LogP contribution in [-0.2, 0) is 7.05 Å². The van der Waals surface area contributed by atoms with Crippen LogP contribution in [0.25, 0.3) is 0 Å². The van der Waals surface area contributed by atoms with Gasteiger partial charge in [-0.1, -0.05) is 11.6 Å². The van der Waals surface area contributed by atoms with Gasteiger partial charge in [0.25, 0.3) is 0 Å². The van der Waals surface area contributed by atoms with E-state index in [-0.39, 0.29) is 6.04 Å². The van der Waals surface area contributed by atoms with E-state index in [1.54, 1.807) is 29.5 Å². The zero-order chi connectivity index (χ0) is 11.5. The van der Waals surface area contributed by atoms with Crippen molar-refractivity contribution in [2.45, 2.75) is 6.04 Å². The Hall–Kier alpha value is -1.46. The smallest absolute Gasteiger partial charge is 0.0950 e. The summed E-state index contributed by atoms with van der Waals surface area (Å²) in [6, 6.07) is -0.103. The number of hydrogen-bond donors (Lipinski definition) is 1. The van der Waals surface area contributed by atoms with E-state index < -0.39 is 0 Å². The largest absolute Gasteiger partial charge is 0.307 e. The minimum Gasteiger partial charge on any atom is -0.307 e. The molecule has 1 N–H and O–H groups in total. The molecule has 0 saturated carbocycles. The summed E-state index contributed by atoms with van der Waals surface area (Å²) in [4.78, 5) is 8.31. The topological polar surface area (TPSA) is 55.6 Å². The van der Waals surface area contributed by atoms with Crippen LogP contribution >= 0.6 is 11.6 Å². The number of aryl methyl sites for hydroxylation is 1. The summed E-state index contributed by atoms with van der Waals surface area (Å²) < 4.78 is 1.73. The third-order valence-corrected chi connectivity index (χ3v) is 2.67. The average molecular weight is 238 g/mol. The molecule has 0 aliphatic heterocycles. The monoisotopic (exact) mass is 237 g/mol. The van der Waals surface area contributed by atoms with Gasteiger partial charge in [0.15, 0.2) is 0 Å². The fraction of sp³-hybridized carbons (Fsp3) is 0.300. The summed E-state index contributed by atoms with van der Waals surface area (Å²) in [5.74, 6) is 0. The van der Waals surface area contributed by atoms with Crippen molar-refractivity contribution in [2.24, 2.45) is 7.05 Å². The van der Waals surface area contributed by atoms with Crippen LogP contribution in [0, 0.1) is 0 Å². The minimum atomic E-state index is -0.103. The highest BCUT2D eigenvalue weighted by molar-refractivity contribution is 6.31. The van der Waals surface area contributed by atoms with Crippen LogP contribution in [0.2, 0.25) is 5.02 Å². The molecule has 2 heterocycles. The van der Waals surface area contributed by atoms with Gasteiger partial charge in [-0.15, -0.1) is 0 Å². The summed E-state index contributed by atoms with van der Waals surface area (Å²) in [5.41, 5.74) is 1.69. The molecule has 16 heavy (non-hydrogen) atoms. The van der Waals surface area contributed by atoms with E-state index in [2.05, 4.69) is 20.4 Å². The van der Waals surface area contributed by atoms with Crippen LogP contribution in [0.15, 0.2) is 24.8 Å². The lowest BCUT2D eigenvalue weighted by molar-refractivity contribution is 0.592. The van der Waals surface area contributed by atoms with Gasteiger partial charge >= 0.3 is 0 Å². The normalized spacial score (nSPS) is 12.7. The Morgan fingerprint density at radius 3 is 2.69 bits per heavy atom. The van der Waals surface area contributed by atoms with Gasteiger partial charge in [0, 0.05) is 19.4 Å². The Balaban J connectivity index is 2.45. The average Bonchev–Trinajstić information content (AvgIpc) is 2.63. The number of nitrogens with zero attached hydrogens (tertiary/aromatic N) is 4. The standard InChI is InChI=1S/C10H12ClN5/c1-12-9(8-6-13-3-4-14-8)10-7(11)5-15-16(10)2/h3-6,9,12H,1-2H3. The maximum atomic E-state index is 6.10. The molecule has 2 rings (SSSR count). The Bertz CT molecular complexity index is 448. The molecule has 0 radical (unpaired) electrons. The predicted molar refractivity (Wildman–Crippen MR) is 61.2 cm³/mol. The van der Waals surface area contributed by atoms with Crippen LogP contribution in [0.5, 0.6) is 0 Å². The van der Waals surface area contributed by atoms with E-state index in [4.69, 9.17) is 11.6 Å². The molecule has 0 amide bonds. The molecule has 1 unspecified atom stereocenters. The molecule has 0 aliphatic rings. The van der Waals surface area contributed by atoms with Crippen molar-refractivity contribution >= 4 is 11.6 Å². The molecule has 0 aromatic carbocycles. The van der Waals surface area contributed by atoms with Gasteiger partial charge in [0.1, 0.15) is 0 Å².